The van der Waals surface area contributed by atoms with E-state index >= 15 is 0 Å². The predicted octanol–water partition coefficient (Wildman–Crippen LogP) is 4.57. The van der Waals surface area contributed by atoms with Crippen molar-refractivity contribution in [1.82, 2.24) is 4.90 Å². The van der Waals surface area contributed by atoms with E-state index in [1.54, 1.807) is 48.5 Å². The summed E-state index contributed by atoms with van der Waals surface area (Å²) in [7, 11) is 1.30. The molecule has 0 saturated heterocycles. The molecule has 32 heavy (non-hydrogen) atoms. The van der Waals surface area contributed by atoms with Crippen molar-refractivity contribution in [3.8, 4) is 0 Å². The first kappa shape index (κ1) is 20.1. The van der Waals surface area contributed by atoms with Crippen LogP contribution in [0.1, 0.15) is 43.8 Å². The summed E-state index contributed by atoms with van der Waals surface area (Å²) in [5, 5.41) is 0.681. The van der Waals surface area contributed by atoms with Crippen LogP contribution in [0.15, 0.2) is 74.5 Å². The van der Waals surface area contributed by atoms with Crippen LogP contribution >= 0.6 is 11.6 Å². The van der Waals surface area contributed by atoms with Gasteiger partial charge in [-0.1, -0.05) is 23.7 Å². The first-order chi connectivity index (χ1) is 15.5. The zero-order chi connectivity index (χ0) is 22.4. The Morgan fingerprint density at radius 1 is 1.12 bits per heavy atom. The third-order valence-electron chi connectivity index (χ3n) is 5.48. The zero-order valence-electron chi connectivity index (χ0n) is 16.8. The molecule has 0 bridgehead atoms. The lowest BCUT2D eigenvalue weighted by Gasteiger charge is -2.24. The fourth-order valence-corrected chi connectivity index (χ4v) is 4.16. The minimum absolute atomic E-state index is 0.0153. The molecule has 5 rings (SSSR count). The van der Waals surface area contributed by atoms with E-state index < -0.39 is 17.9 Å². The number of esters is 1. The van der Waals surface area contributed by atoms with Crippen molar-refractivity contribution >= 4 is 34.4 Å². The van der Waals surface area contributed by atoms with Crippen LogP contribution in [0.4, 0.5) is 0 Å². The van der Waals surface area contributed by atoms with E-state index in [4.69, 9.17) is 25.2 Å². The van der Waals surface area contributed by atoms with Crippen molar-refractivity contribution in [2.45, 2.75) is 12.6 Å². The molecule has 0 spiro atoms. The molecule has 7 nitrogen and oxygen atoms in total. The van der Waals surface area contributed by atoms with Crippen molar-refractivity contribution in [2.24, 2.45) is 0 Å². The quantitative estimate of drug-likeness (QED) is 0.424. The van der Waals surface area contributed by atoms with E-state index in [0.29, 0.717) is 27.3 Å². The maximum absolute atomic E-state index is 13.5. The second kappa shape index (κ2) is 7.69. The third kappa shape index (κ3) is 3.18. The van der Waals surface area contributed by atoms with Crippen LogP contribution in [0, 0.1) is 0 Å². The van der Waals surface area contributed by atoms with Crippen molar-refractivity contribution in [3.05, 3.63) is 104 Å². The zero-order valence-corrected chi connectivity index (χ0v) is 17.6. The number of hydrogen-bond donors (Lipinski definition) is 0. The highest BCUT2D eigenvalue weighted by molar-refractivity contribution is 6.31. The molecule has 4 aromatic rings. The van der Waals surface area contributed by atoms with Gasteiger partial charge in [-0.15, -0.1) is 0 Å². The van der Waals surface area contributed by atoms with E-state index in [1.165, 1.54) is 24.3 Å². The summed E-state index contributed by atoms with van der Waals surface area (Å²) in [6.45, 7) is 0.135. The molecule has 1 unspecified atom stereocenters. The molecule has 0 N–H and O–H groups in total. The molecule has 160 valence electrons. The third-order valence-corrected chi connectivity index (χ3v) is 5.72. The largest absolute Gasteiger partial charge is 0.467 e. The number of benzene rings is 2. The number of amides is 1. The van der Waals surface area contributed by atoms with Gasteiger partial charge in [0.1, 0.15) is 11.3 Å². The van der Waals surface area contributed by atoms with Crippen LogP contribution in [0.25, 0.3) is 11.0 Å². The number of hydrogen-bond acceptors (Lipinski definition) is 6. The van der Waals surface area contributed by atoms with Gasteiger partial charge in [-0.2, -0.15) is 0 Å². The lowest BCUT2D eigenvalue weighted by Crippen LogP contribution is -2.29. The number of ether oxygens (including phenoxy) is 1. The first-order valence-electron chi connectivity index (χ1n) is 9.76. The molecule has 3 heterocycles. The van der Waals surface area contributed by atoms with Crippen molar-refractivity contribution in [3.63, 3.8) is 0 Å². The molecule has 0 radical (unpaired) electrons. The molecule has 1 aliphatic heterocycles. The summed E-state index contributed by atoms with van der Waals surface area (Å²) in [6, 6.07) is 14.0. The predicted molar refractivity (Wildman–Crippen MR) is 116 cm³/mol. The number of carbonyl (C=O) groups is 2. The number of methoxy groups -OCH3 is 1. The SMILES string of the molecule is COC(=O)c1ccc(C2c3c(oc4ccc(Cl)cc4c3=O)C(=O)N2Cc2ccco2)cc1. The Morgan fingerprint density at radius 2 is 1.91 bits per heavy atom. The Bertz CT molecular complexity index is 1410. The fraction of sp³-hybridized carbons (Fsp3) is 0.125. The van der Waals surface area contributed by atoms with Gasteiger partial charge in [-0.25, -0.2) is 4.79 Å². The number of furan rings is 1. The Kier molecular flexibility index (Phi) is 4.83. The van der Waals surface area contributed by atoms with E-state index in [2.05, 4.69) is 0 Å². The minimum atomic E-state index is -0.728. The molecule has 0 fully saturated rings. The minimum Gasteiger partial charge on any atom is -0.467 e. The Morgan fingerprint density at radius 3 is 2.59 bits per heavy atom. The van der Waals surface area contributed by atoms with E-state index in [-0.39, 0.29) is 28.9 Å². The maximum Gasteiger partial charge on any atom is 0.337 e. The fourth-order valence-electron chi connectivity index (χ4n) is 3.99. The summed E-state index contributed by atoms with van der Waals surface area (Å²) in [5.74, 6) is -0.361. The smallest absolute Gasteiger partial charge is 0.337 e. The lowest BCUT2D eigenvalue weighted by molar-refractivity contribution is 0.0599. The van der Waals surface area contributed by atoms with Gasteiger partial charge in [0.05, 0.1) is 42.5 Å². The van der Waals surface area contributed by atoms with Crippen LogP contribution in [0.3, 0.4) is 0 Å². The summed E-state index contributed by atoms with van der Waals surface area (Å²) in [4.78, 5) is 40.2. The van der Waals surface area contributed by atoms with Crippen LogP contribution in [-0.4, -0.2) is 23.9 Å². The van der Waals surface area contributed by atoms with E-state index in [0.717, 1.165) is 0 Å². The summed E-state index contributed by atoms with van der Waals surface area (Å²) in [6.07, 6.45) is 1.52. The molecule has 0 saturated carbocycles. The molecular weight excluding hydrogens is 434 g/mol. The Balaban J connectivity index is 1.70. The van der Waals surface area contributed by atoms with Crippen molar-refractivity contribution < 1.29 is 23.2 Å². The highest BCUT2D eigenvalue weighted by atomic mass is 35.5. The van der Waals surface area contributed by atoms with E-state index in [9.17, 15) is 14.4 Å². The number of carbonyl (C=O) groups excluding carboxylic acids is 2. The summed E-state index contributed by atoms with van der Waals surface area (Å²) >= 11 is 6.09. The monoisotopic (exact) mass is 449 g/mol. The van der Waals surface area contributed by atoms with Gasteiger partial charge in [0, 0.05) is 5.02 Å². The maximum atomic E-state index is 13.5. The van der Waals surface area contributed by atoms with Crippen molar-refractivity contribution in [1.29, 1.82) is 0 Å². The number of rotatable bonds is 4. The van der Waals surface area contributed by atoms with Crippen LogP contribution in [0.5, 0.6) is 0 Å². The number of fused-ring (bicyclic) bond motifs is 2. The molecular formula is C24H16ClNO6. The van der Waals surface area contributed by atoms with Gasteiger partial charge in [0.25, 0.3) is 5.91 Å². The highest BCUT2D eigenvalue weighted by Gasteiger charge is 2.43. The second-order valence-corrected chi connectivity index (χ2v) is 7.78. The highest BCUT2D eigenvalue weighted by Crippen LogP contribution is 2.39. The Labute approximate surface area is 186 Å². The second-order valence-electron chi connectivity index (χ2n) is 7.34. The number of halogens is 1. The van der Waals surface area contributed by atoms with Gasteiger partial charge in [0.2, 0.25) is 5.76 Å². The van der Waals surface area contributed by atoms with Gasteiger partial charge >= 0.3 is 5.97 Å². The lowest BCUT2D eigenvalue weighted by atomic mass is 9.97. The van der Waals surface area contributed by atoms with Crippen LogP contribution in [0.2, 0.25) is 5.02 Å². The van der Waals surface area contributed by atoms with Gasteiger partial charge in [-0.05, 0) is 48.0 Å². The first-order valence-corrected chi connectivity index (χ1v) is 10.1. The molecule has 2 aromatic heterocycles. The molecule has 1 atom stereocenters. The van der Waals surface area contributed by atoms with Gasteiger partial charge in [-0.3, -0.25) is 9.59 Å². The standard InChI is InChI=1S/C24H16ClNO6/c1-30-24(29)14-6-4-13(5-7-14)20-19-21(27)17-11-15(25)8-9-18(17)32-22(19)23(28)26(20)12-16-3-2-10-31-16/h2-11,20H,12H2,1H3. The average Bonchev–Trinajstić information content (AvgIpc) is 3.41. The molecule has 8 heteroatoms. The van der Waals surface area contributed by atoms with Gasteiger partial charge in [0.15, 0.2) is 5.43 Å². The molecule has 0 aliphatic carbocycles. The van der Waals surface area contributed by atoms with Crippen LogP contribution in [-0.2, 0) is 11.3 Å². The molecule has 1 amide bonds. The molecule has 2 aromatic carbocycles. The Hall–Kier alpha value is -3.84. The summed E-state index contributed by atoms with van der Waals surface area (Å²) < 4.78 is 16.1. The molecule has 1 aliphatic rings. The normalized spacial score (nSPS) is 15.2. The number of nitrogens with zero attached hydrogens (tertiary/aromatic N) is 1. The topological polar surface area (TPSA) is 90.0 Å². The van der Waals surface area contributed by atoms with E-state index in [1.807, 2.05) is 0 Å². The van der Waals surface area contributed by atoms with Crippen LogP contribution < -0.4 is 5.43 Å². The average molecular weight is 450 g/mol. The van der Waals surface area contributed by atoms with Gasteiger partial charge < -0.3 is 18.5 Å². The summed E-state index contributed by atoms with van der Waals surface area (Å²) in [5.41, 5.74) is 1.18. The van der Waals surface area contributed by atoms with Crippen molar-refractivity contribution in [2.75, 3.05) is 7.11 Å².